The van der Waals surface area contributed by atoms with Crippen molar-refractivity contribution in [3.63, 3.8) is 0 Å². The molecular formula is C23H28N4O4. The highest BCUT2D eigenvalue weighted by Crippen LogP contribution is 2.35. The Morgan fingerprint density at radius 3 is 2.13 bits per heavy atom. The van der Waals surface area contributed by atoms with Crippen molar-refractivity contribution >= 4 is 40.2 Å². The molecule has 2 aromatic rings. The van der Waals surface area contributed by atoms with Crippen LogP contribution >= 0.6 is 0 Å². The van der Waals surface area contributed by atoms with E-state index >= 15 is 0 Å². The number of nitrogens with one attached hydrogen (secondary N) is 1. The molecule has 4 rings (SSSR count). The van der Waals surface area contributed by atoms with Crippen molar-refractivity contribution in [3.8, 4) is 0 Å². The fourth-order valence-electron chi connectivity index (χ4n) is 4.03. The third kappa shape index (κ3) is 4.42. The molecule has 2 aromatic carbocycles. The van der Waals surface area contributed by atoms with Crippen molar-refractivity contribution in [2.75, 3.05) is 42.5 Å². The molecule has 2 aliphatic rings. The van der Waals surface area contributed by atoms with Gasteiger partial charge in [0.2, 0.25) is 5.91 Å². The van der Waals surface area contributed by atoms with E-state index in [0.717, 1.165) is 22.1 Å². The molecule has 0 saturated carbocycles. The number of imide groups is 1. The van der Waals surface area contributed by atoms with Gasteiger partial charge in [0.15, 0.2) is 0 Å². The Kier molecular flexibility index (Phi) is 5.47. The van der Waals surface area contributed by atoms with E-state index in [1.165, 1.54) is 0 Å². The molecule has 0 bridgehead atoms. The molecule has 2 saturated heterocycles. The largest absolute Gasteiger partial charge is 0.444 e. The Hall–Kier alpha value is -3.29. The van der Waals surface area contributed by atoms with Crippen LogP contribution in [0.1, 0.15) is 27.2 Å². The van der Waals surface area contributed by atoms with Crippen molar-refractivity contribution in [2.24, 2.45) is 0 Å². The molecule has 164 valence electrons. The summed E-state index contributed by atoms with van der Waals surface area (Å²) in [4.78, 5) is 41.9. The smallest absolute Gasteiger partial charge is 0.410 e. The minimum atomic E-state index is -0.508. The number of urea groups is 1. The third-order valence-corrected chi connectivity index (χ3v) is 5.49. The number of hydrogen-bond donors (Lipinski definition) is 1. The van der Waals surface area contributed by atoms with Crippen LogP contribution in [0.4, 0.5) is 21.0 Å². The maximum absolute atomic E-state index is 12.4. The Balaban J connectivity index is 1.56. The summed E-state index contributed by atoms with van der Waals surface area (Å²) in [6, 6.07) is 11.5. The van der Waals surface area contributed by atoms with Crippen molar-refractivity contribution in [2.45, 2.75) is 32.8 Å². The number of carbonyl (C=O) groups is 3. The number of piperazine rings is 1. The standard InChI is InChI=1S/C23H28N4O4/c1-23(2,3)31-22(30)26-14-12-25(13-15-26)18-8-9-19(17-7-5-4-6-16(17)18)27-11-10-20(28)24-21(27)29/h4-9H,10-15H2,1-3H3,(H,24,28,29). The Morgan fingerprint density at radius 2 is 1.52 bits per heavy atom. The lowest BCUT2D eigenvalue weighted by atomic mass is 10.0. The lowest BCUT2D eigenvalue weighted by Crippen LogP contribution is -2.50. The number of rotatable bonds is 2. The van der Waals surface area contributed by atoms with Crippen molar-refractivity contribution in [1.82, 2.24) is 10.2 Å². The second-order valence-corrected chi connectivity index (χ2v) is 8.86. The first-order chi connectivity index (χ1) is 14.7. The number of benzene rings is 2. The van der Waals surface area contributed by atoms with Crippen LogP contribution in [0, 0.1) is 0 Å². The van der Waals surface area contributed by atoms with E-state index in [9.17, 15) is 14.4 Å². The maximum Gasteiger partial charge on any atom is 0.410 e. The van der Waals surface area contributed by atoms with Gasteiger partial charge in [-0.25, -0.2) is 9.59 Å². The molecule has 0 aliphatic carbocycles. The quantitative estimate of drug-likeness (QED) is 0.800. The predicted octanol–water partition coefficient (Wildman–Crippen LogP) is 3.34. The van der Waals surface area contributed by atoms with E-state index < -0.39 is 5.60 Å². The van der Waals surface area contributed by atoms with E-state index in [1.807, 2.05) is 57.2 Å². The van der Waals surface area contributed by atoms with Gasteiger partial charge in [-0.1, -0.05) is 24.3 Å². The number of fused-ring (bicyclic) bond motifs is 1. The van der Waals surface area contributed by atoms with Crippen molar-refractivity contribution in [1.29, 1.82) is 0 Å². The SMILES string of the molecule is CC(C)(C)OC(=O)N1CCN(c2ccc(N3CCC(=O)NC3=O)c3ccccc23)CC1. The number of anilines is 2. The van der Waals surface area contributed by atoms with Crippen molar-refractivity contribution < 1.29 is 19.1 Å². The van der Waals surface area contributed by atoms with E-state index in [-0.39, 0.29) is 24.5 Å². The van der Waals surface area contributed by atoms with Gasteiger partial charge in [0.1, 0.15) is 5.60 Å². The molecule has 2 aliphatic heterocycles. The topological polar surface area (TPSA) is 82.2 Å². The van der Waals surface area contributed by atoms with Gasteiger partial charge in [0, 0.05) is 55.6 Å². The Labute approximate surface area is 181 Å². The third-order valence-electron chi connectivity index (χ3n) is 5.49. The highest BCUT2D eigenvalue weighted by atomic mass is 16.6. The monoisotopic (exact) mass is 424 g/mol. The van der Waals surface area contributed by atoms with Gasteiger partial charge in [0.05, 0.1) is 5.69 Å². The van der Waals surface area contributed by atoms with Crippen LogP contribution in [0.15, 0.2) is 36.4 Å². The Bertz CT molecular complexity index is 1020. The zero-order chi connectivity index (χ0) is 22.2. The molecule has 4 amide bonds. The summed E-state index contributed by atoms with van der Waals surface area (Å²) in [5, 5.41) is 4.39. The summed E-state index contributed by atoms with van der Waals surface area (Å²) in [5.41, 5.74) is 1.35. The molecule has 1 N–H and O–H groups in total. The van der Waals surface area contributed by atoms with Gasteiger partial charge < -0.3 is 14.5 Å². The first kappa shape index (κ1) is 21.0. The van der Waals surface area contributed by atoms with Gasteiger partial charge in [-0.2, -0.15) is 0 Å². The minimum absolute atomic E-state index is 0.245. The van der Waals surface area contributed by atoms with Gasteiger partial charge in [-0.15, -0.1) is 0 Å². The van der Waals surface area contributed by atoms with Crippen LogP contribution < -0.4 is 15.1 Å². The van der Waals surface area contributed by atoms with E-state index in [2.05, 4.69) is 10.2 Å². The highest BCUT2D eigenvalue weighted by Gasteiger charge is 2.28. The molecule has 0 radical (unpaired) electrons. The second-order valence-electron chi connectivity index (χ2n) is 8.86. The molecule has 0 spiro atoms. The summed E-state index contributed by atoms with van der Waals surface area (Å²) < 4.78 is 5.49. The van der Waals surface area contributed by atoms with E-state index in [0.29, 0.717) is 32.7 Å². The number of hydrogen-bond acceptors (Lipinski definition) is 5. The minimum Gasteiger partial charge on any atom is -0.444 e. The molecule has 8 nitrogen and oxygen atoms in total. The number of amides is 4. The number of nitrogens with zero attached hydrogens (tertiary/aromatic N) is 3. The number of carbonyl (C=O) groups excluding carboxylic acids is 3. The summed E-state index contributed by atoms with van der Waals surface area (Å²) in [6.07, 6.45) is 0.00654. The molecule has 0 aromatic heterocycles. The maximum atomic E-state index is 12.4. The van der Waals surface area contributed by atoms with Gasteiger partial charge in [-0.05, 0) is 32.9 Å². The van der Waals surface area contributed by atoms with E-state index in [1.54, 1.807) is 9.80 Å². The zero-order valence-corrected chi connectivity index (χ0v) is 18.2. The molecule has 0 unspecified atom stereocenters. The average Bonchev–Trinajstić information content (AvgIpc) is 2.72. The van der Waals surface area contributed by atoms with Crippen LogP contribution in [-0.2, 0) is 9.53 Å². The van der Waals surface area contributed by atoms with Gasteiger partial charge in [0.25, 0.3) is 0 Å². The van der Waals surface area contributed by atoms with Crippen LogP contribution in [-0.4, -0.2) is 61.3 Å². The first-order valence-electron chi connectivity index (χ1n) is 10.6. The van der Waals surface area contributed by atoms with Gasteiger partial charge in [-0.3, -0.25) is 15.0 Å². The van der Waals surface area contributed by atoms with Crippen molar-refractivity contribution in [3.05, 3.63) is 36.4 Å². The highest BCUT2D eigenvalue weighted by molar-refractivity contribution is 6.11. The fourth-order valence-corrected chi connectivity index (χ4v) is 4.03. The van der Waals surface area contributed by atoms with Crippen LogP contribution in [0.2, 0.25) is 0 Å². The lowest BCUT2D eigenvalue weighted by Gasteiger charge is -2.37. The molecule has 31 heavy (non-hydrogen) atoms. The van der Waals surface area contributed by atoms with Crippen LogP contribution in [0.3, 0.4) is 0 Å². The number of ether oxygens (including phenoxy) is 1. The van der Waals surface area contributed by atoms with Crippen LogP contribution in [0.25, 0.3) is 10.8 Å². The summed E-state index contributed by atoms with van der Waals surface area (Å²) >= 11 is 0. The zero-order valence-electron chi connectivity index (χ0n) is 18.2. The lowest BCUT2D eigenvalue weighted by molar-refractivity contribution is -0.120. The summed E-state index contributed by atoms with van der Waals surface area (Å²) in [5.74, 6) is -0.245. The fraction of sp³-hybridized carbons (Fsp3) is 0.435. The van der Waals surface area contributed by atoms with E-state index in [4.69, 9.17) is 4.74 Å². The summed E-state index contributed by atoms with van der Waals surface area (Å²) in [6.45, 7) is 8.53. The molecule has 8 heteroatoms. The molecule has 2 heterocycles. The molecular weight excluding hydrogens is 396 g/mol. The molecule has 0 atom stereocenters. The molecule has 2 fully saturated rings. The Morgan fingerprint density at radius 1 is 0.903 bits per heavy atom. The predicted molar refractivity (Wildman–Crippen MR) is 119 cm³/mol. The average molecular weight is 425 g/mol. The first-order valence-corrected chi connectivity index (χ1v) is 10.6. The van der Waals surface area contributed by atoms with Crippen LogP contribution in [0.5, 0.6) is 0 Å². The van der Waals surface area contributed by atoms with Gasteiger partial charge >= 0.3 is 12.1 Å². The second kappa shape index (κ2) is 8.09. The normalized spacial score (nSPS) is 17.7. The summed E-state index contributed by atoms with van der Waals surface area (Å²) in [7, 11) is 0.